The summed E-state index contributed by atoms with van der Waals surface area (Å²) in [6.45, 7) is 8.06. The zero-order valence-corrected chi connectivity index (χ0v) is 9.94. The predicted octanol–water partition coefficient (Wildman–Crippen LogP) is 1.18. The number of nitrogens with one attached hydrogen (secondary N) is 1. The minimum Gasteiger partial charge on any atom is -0.308 e. The van der Waals surface area contributed by atoms with Crippen LogP contribution in [-0.4, -0.2) is 19.7 Å². The zero-order chi connectivity index (χ0) is 11.9. The summed E-state index contributed by atoms with van der Waals surface area (Å²) < 4.78 is 1.87. The van der Waals surface area contributed by atoms with Gasteiger partial charge in [0.15, 0.2) is 11.5 Å². The molecule has 0 aliphatic rings. The topological polar surface area (TPSA) is 81.6 Å². The molecule has 6 nitrogen and oxygen atoms in total. The third-order valence-electron chi connectivity index (χ3n) is 2.31. The molecule has 0 fully saturated rings. The van der Waals surface area contributed by atoms with Crippen molar-refractivity contribution in [3.05, 3.63) is 12.0 Å². The van der Waals surface area contributed by atoms with Crippen molar-refractivity contribution in [1.29, 1.82) is 0 Å². The summed E-state index contributed by atoms with van der Waals surface area (Å²) in [6, 6.07) is 0. The molecule has 0 atom stereocenters. The third kappa shape index (κ3) is 1.61. The van der Waals surface area contributed by atoms with E-state index in [1.807, 2.05) is 11.6 Å². The molecule has 3 N–H and O–H groups in total. The minimum absolute atomic E-state index is 0.117. The molecule has 0 amide bonds. The molecule has 86 valence electrons. The van der Waals surface area contributed by atoms with Gasteiger partial charge >= 0.3 is 0 Å². The molecule has 0 aromatic carbocycles. The van der Waals surface area contributed by atoms with Gasteiger partial charge in [-0.2, -0.15) is 5.10 Å². The van der Waals surface area contributed by atoms with Crippen LogP contribution in [0.1, 0.15) is 26.6 Å². The van der Waals surface area contributed by atoms with Crippen LogP contribution in [0.5, 0.6) is 0 Å². The molecule has 0 unspecified atom stereocenters. The normalized spacial score (nSPS) is 12.1. The number of hydrogen-bond acceptors (Lipinski definition) is 5. The van der Waals surface area contributed by atoms with Crippen molar-refractivity contribution in [3.8, 4) is 0 Å². The number of hydrazine groups is 1. The molecule has 2 heterocycles. The lowest BCUT2D eigenvalue weighted by Gasteiger charge is -2.19. The third-order valence-corrected chi connectivity index (χ3v) is 2.31. The Balaban J connectivity index is 2.77. The maximum absolute atomic E-state index is 5.43. The number of aromatic nitrogens is 4. The fourth-order valence-electron chi connectivity index (χ4n) is 1.62. The smallest absolute Gasteiger partial charge is 0.164 e. The second-order valence-electron chi connectivity index (χ2n) is 4.73. The lowest BCUT2D eigenvalue weighted by Crippen LogP contribution is -2.23. The summed E-state index contributed by atoms with van der Waals surface area (Å²) in [5.41, 5.74) is 3.25. The van der Waals surface area contributed by atoms with E-state index in [-0.39, 0.29) is 5.54 Å². The molecule has 0 aliphatic heterocycles. The average molecular weight is 220 g/mol. The van der Waals surface area contributed by atoms with Gasteiger partial charge in [-0.15, -0.1) is 0 Å². The van der Waals surface area contributed by atoms with E-state index in [0.717, 1.165) is 11.0 Å². The van der Waals surface area contributed by atoms with Crippen molar-refractivity contribution in [2.45, 2.75) is 33.2 Å². The minimum atomic E-state index is -0.117. The van der Waals surface area contributed by atoms with Gasteiger partial charge in [0, 0.05) is 0 Å². The number of nitrogen functional groups attached to an aromatic ring is 1. The summed E-state index contributed by atoms with van der Waals surface area (Å²) in [4.78, 5) is 8.62. The van der Waals surface area contributed by atoms with Crippen LogP contribution in [0.25, 0.3) is 11.0 Å². The van der Waals surface area contributed by atoms with Gasteiger partial charge in [-0.05, 0) is 27.7 Å². The maximum atomic E-state index is 5.43. The molecule has 0 saturated heterocycles. The number of rotatable bonds is 1. The quantitative estimate of drug-likeness (QED) is 0.557. The van der Waals surface area contributed by atoms with E-state index >= 15 is 0 Å². The number of hydrogen-bond donors (Lipinski definition) is 2. The van der Waals surface area contributed by atoms with Crippen LogP contribution in [0.4, 0.5) is 5.82 Å². The van der Waals surface area contributed by atoms with Gasteiger partial charge in [0.1, 0.15) is 5.82 Å². The molecule has 2 aromatic heterocycles. The van der Waals surface area contributed by atoms with Gasteiger partial charge < -0.3 is 5.43 Å². The van der Waals surface area contributed by atoms with E-state index in [2.05, 4.69) is 41.3 Å². The molecular weight excluding hydrogens is 204 g/mol. The summed E-state index contributed by atoms with van der Waals surface area (Å²) >= 11 is 0. The van der Waals surface area contributed by atoms with Gasteiger partial charge in [0.2, 0.25) is 0 Å². The van der Waals surface area contributed by atoms with Crippen LogP contribution in [0.3, 0.4) is 0 Å². The first-order valence-electron chi connectivity index (χ1n) is 5.13. The second kappa shape index (κ2) is 3.41. The van der Waals surface area contributed by atoms with Crippen molar-refractivity contribution in [3.63, 3.8) is 0 Å². The fraction of sp³-hybridized carbons (Fsp3) is 0.500. The van der Waals surface area contributed by atoms with Crippen LogP contribution >= 0.6 is 0 Å². The number of anilines is 1. The lowest BCUT2D eigenvalue weighted by molar-refractivity contribution is 0.365. The Hall–Kier alpha value is -1.69. The number of fused-ring (bicyclic) bond motifs is 1. The Bertz CT molecular complexity index is 522. The van der Waals surface area contributed by atoms with Gasteiger partial charge in [0.25, 0.3) is 0 Å². The highest BCUT2D eigenvalue weighted by atomic mass is 15.3. The molecule has 0 bridgehead atoms. The molecular formula is C10H16N6. The number of nitrogens with two attached hydrogens (primary N) is 1. The average Bonchev–Trinajstić information content (AvgIpc) is 2.58. The van der Waals surface area contributed by atoms with E-state index in [0.29, 0.717) is 11.6 Å². The van der Waals surface area contributed by atoms with Gasteiger partial charge in [-0.1, -0.05) is 0 Å². The van der Waals surface area contributed by atoms with Crippen LogP contribution < -0.4 is 11.3 Å². The monoisotopic (exact) mass is 220 g/mol. The highest BCUT2D eigenvalue weighted by Crippen LogP contribution is 2.24. The number of aryl methyl sites for hydroxylation is 1. The summed E-state index contributed by atoms with van der Waals surface area (Å²) in [5.74, 6) is 6.71. The maximum Gasteiger partial charge on any atom is 0.164 e. The highest BCUT2D eigenvalue weighted by molar-refractivity contribution is 5.86. The summed E-state index contributed by atoms with van der Waals surface area (Å²) in [6.07, 6.45) is 1.73. The fourth-order valence-corrected chi connectivity index (χ4v) is 1.62. The molecule has 16 heavy (non-hydrogen) atoms. The van der Waals surface area contributed by atoms with Crippen molar-refractivity contribution in [2.75, 3.05) is 5.43 Å². The summed E-state index contributed by atoms with van der Waals surface area (Å²) in [5, 5.41) is 5.17. The SMILES string of the molecule is Cc1nc(NN)c2cnn(C(C)(C)C)c2n1. The first kappa shape index (κ1) is 10.8. The Labute approximate surface area is 93.8 Å². The van der Waals surface area contributed by atoms with Crippen molar-refractivity contribution in [2.24, 2.45) is 5.84 Å². The first-order chi connectivity index (χ1) is 7.43. The van der Waals surface area contributed by atoms with Gasteiger partial charge in [0.05, 0.1) is 17.1 Å². The van der Waals surface area contributed by atoms with Gasteiger partial charge in [-0.25, -0.2) is 20.5 Å². The molecule has 2 aromatic rings. The van der Waals surface area contributed by atoms with E-state index in [9.17, 15) is 0 Å². The Morgan fingerprint density at radius 1 is 1.31 bits per heavy atom. The van der Waals surface area contributed by atoms with E-state index in [1.165, 1.54) is 0 Å². The van der Waals surface area contributed by atoms with Crippen molar-refractivity contribution < 1.29 is 0 Å². The zero-order valence-electron chi connectivity index (χ0n) is 9.94. The van der Waals surface area contributed by atoms with E-state index < -0.39 is 0 Å². The van der Waals surface area contributed by atoms with Gasteiger partial charge in [-0.3, -0.25) is 0 Å². The molecule has 2 rings (SSSR count). The van der Waals surface area contributed by atoms with Crippen molar-refractivity contribution in [1.82, 2.24) is 19.7 Å². The lowest BCUT2D eigenvalue weighted by atomic mass is 10.1. The molecule has 0 saturated carbocycles. The molecule has 0 spiro atoms. The Kier molecular flexibility index (Phi) is 2.31. The predicted molar refractivity (Wildman–Crippen MR) is 62.9 cm³/mol. The largest absolute Gasteiger partial charge is 0.308 e. The Morgan fingerprint density at radius 3 is 2.56 bits per heavy atom. The second-order valence-corrected chi connectivity index (χ2v) is 4.73. The Morgan fingerprint density at radius 2 is 2.00 bits per heavy atom. The number of nitrogens with zero attached hydrogens (tertiary/aromatic N) is 4. The standard InChI is InChI=1S/C10H16N6/c1-6-13-8(15-11)7-5-12-16(9(7)14-6)10(2,3)4/h5H,11H2,1-4H3,(H,13,14,15). The van der Waals surface area contributed by atoms with E-state index in [1.54, 1.807) is 6.20 Å². The van der Waals surface area contributed by atoms with E-state index in [4.69, 9.17) is 5.84 Å². The van der Waals surface area contributed by atoms with Crippen LogP contribution in [0, 0.1) is 6.92 Å². The first-order valence-corrected chi connectivity index (χ1v) is 5.13. The van der Waals surface area contributed by atoms with Crippen LogP contribution in [0.15, 0.2) is 6.20 Å². The molecule has 0 radical (unpaired) electrons. The van der Waals surface area contributed by atoms with Crippen LogP contribution in [0.2, 0.25) is 0 Å². The molecule has 6 heteroatoms. The summed E-state index contributed by atoms with van der Waals surface area (Å²) in [7, 11) is 0. The highest BCUT2D eigenvalue weighted by Gasteiger charge is 2.19. The van der Waals surface area contributed by atoms with Crippen molar-refractivity contribution >= 4 is 16.9 Å². The van der Waals surface area contributed by atoms with Crippen LogP contribution in [-0.2, 0) is 5.54 Å². The molecule has 0 aliphatic carbocycles.